The second-order valence-electron chi connectivity index (χ2n) is 5.67. The zero-order valence-corrected chi connectivity index (χ0v) is 17.1. The highest BCUT2D eigenvalue weighted by molar-refractivity contribution is 7.92. The molecule has 8 nitrogen and oxygen atoms in total. The first kappa shape index (κ1) is 21.4. The first-order valence-corrected chi connectivity index (χ1v) is 10.2. The molecule has 2 aromatic rings. The Hall–Kier alpha value is -2.94. The van der Waals surface area contributed by atoms with Gasteiger partial charge in [0.05, 0.1) is 36.6 Å². The number of carbonyl (C=O) groups excluding carboxylic acids is 1. The summed E-state index contributed by atoms with van der Waals surface area (Å²) in [6.07, 6.45) is 0. The van der Waals surface area contributed by atoms with Crippen LogP contribution in [0.3, 0.4) is 0 Å². The molecule has 152 valence electrons. The number of carbonyl (C=O) groups is 1. The molecule has 0 aliphatic rings. The molecule has 0 aliphatic carbocycles. The molecule has 0 unspecified atom stereocenters. The van der Waals surface area contributed by atoms with Crippen LogP contribution in [0.5, 0.6) is 17.2 Å². The summed E-state index contributed by atoms with van der Waals surface area (Å²) in [4.78, 5) is 11.3. The molecule has 9 heteroatoms. The predicted molar refractivity (Wildman–Crippen MR) is 107 cm³/mol. The number of anilines is 2. The Kier molecular flexibility index (Phi) is 7.11. The molecule has 1 amide bonds. The van der Waals surface area contributed by atoms with E-state index in [1.54, 1.807) is 25.1 Å². The van der Waals surface area contributed by atoms with Crippen molar-refractivity contribution in [2.45, 2.75) is 25.7 Å². The van der Waals surface area contributed by atoms with Gasteiger partial charge in [-0.15, -0.1) is 0 Å². The van der Waals surface area contributed by atoms with E-state index >= 15 is 0 Å². The Morgan fingerprint density at radius 2 is 1.64 bits per heavy atom. The first-order valence-electron chi connectivity index (χ1n) is 8.68. The van der Waals surface area contributed by atoms with E-state index in [1.807, 2.05) is 6.92 Å². The summed E-state index contributed by atoms with van der Waals surface area (Å²) in [6.45, 7) is 5.78. The lowest BCUT2D eigenvalue weighted by Gasteiger charge is -2.16. The van der Waals surface area contributed by atoms with Gasteiger partial charge in [0.25, 0.3) is 10.0 Å². The third kappa shape index (κ3) is 5.29. The quantitative estimate of drug-likeness (QED) is 0.660. The summed E-state index contributed by atoms with van der Waals surface area (Å²) in [5.41, 5.74) is 0.510. The van der Waals surface area contributed by atoms with Gasteiger partial charge in [0.15, 0.2) is 0 Å². The van der Waals surface area contributed by atoms with E-state index in [-0.39, 0.29) is 22.2 Å². The number of benzene rings is 2. The number of rotatable bonds is 9. The van der Waals surface area contributed by atoms with E-state index in [9.17, 15) is 13.2 Å². The number of methoxy groups -OCH3 is 1. The number of amides is 1. The Balaban J connectivity index is 2.42. The molecule has 28 heavy (non-hydrogen) atoms. The number of hydrogen-bond donors (Lipinski definition) is 2. The highest BCUT2D eigenvalue weighted by atomic mass is 32.2. The van der Waals surface area contributed by atoms with E-state index in [0.29, 0.717) is 30.5 Å². The predicted octanol–water partition coefficient (Wildman–Crippen LogP) is 3.25. The van der Waals surface area contributed by atoms with Gasteiger partial charge in [-0.1, -0.05) is 0 Å². The van der Waals surface area contributed by atoms with Crippen molar-refractivity contribution in [1.29, 1.82) is 0 Å². The summed E-state index contributed by atoms with van der Waals surface area (Å²) >= 11 is 0. The molecule has 0 radical (unpaired) electrons. The minimum Gasteiger partial charge on any atom is -0.495 e. The molecule has 0 atom stereocenters. The van der Waals surface area contributed by atoms with Crippen molar-refractivity contribution in [3.05, 3.63) is 36.4 Å². The lowest BCUT2D eigenvalue weighted by Crippen LogP contribution is -2.15. The van der Waals surface area contributed by atoms with Crippen LogP contribution in [-0.4, -0.2) is 34.6 Å². The lowest BCUT2D eigenvalue weighted by atomic mass is 10.3. The monoisotopic (exact) mass is 408 g/mol. The second kappa shape index (κ2) is 9.32. The van der Waals surface area contributed by atoms with Crippen LogP contribution in [0.4, 0.5) is 11.4 Å². The van der Waals surface area contributed by atoms with E-state index in [0.717, 1.165) is 0 Å². The average molecular weight is 408 g/mol. The average Bonchev–Trinajstić information content (AvgIpc) is 2.63. The highest BCUT2D eigenvalue weighted by Crippen LogP contribution is 2.33. The molecule has 0 saturated carbocycles. The Morgan fingerprint density at radius 3 is 2.25 bits per heavy atom. The minimum absolute atomic E-state index is 0.0405. The normalized spacial score (nSPS) is 10.9. The van der Waals surface area contributed by atoms with Crippen LogP contribution in [-0.2, 0) is 14.8 Å². The van der Waals surface area contributed by atoms with Crippen LogP contribution in [0.25, 0.3) is 0 Å². The summed E-state index contributed by atoms with van der Waals surface area (Å²) in [5.74, 6) is 0.897. The smallest absolute Gasteiger partial charge is 0.262 e. The molecule has 0 bridgehead atoms. The summed E-state index contributed by atoms with van der Waals surface area (Å²) in [7, 11) is -2.53. The third-order valence-corrected chi connectivity index (χ3v) is 4.96. The molecular weight excluding hydrogens is 384 g/mol. The summed E-state index contributed by atoms with van der Waals surface area (Å²) in [6, 6.07) is 9.09. The van der Waals surface area contributed by atoms with Gasteiger partial charge < -0.3 is 19.5 Å². The largest absolute Gasteiger partial charge is 0.495 e. The van der Waals surface area contributed by atoms with Crippen LogP contribution in [0.15, 0.2) is 41.3 Å². The fourth-order valence-corrected chi connectivity index (χ4v) is 3.56. The van der Waals surface area contributed by atoms with Crippen LogP contribution in [0, 0.1) is 0 Å². The Bertz CT molecular complexity index is 943. The van der Waals surface area contributed by atoms with Crippen LogP contribution < -0.4 is 24.2 Å². The number of ether oxygens (including phenoxy) is 3. The summed E-state index contributed by atoms with van der Waals surface area (Å²) in [5, 5.41) is 2.56. The molecule has 0 aliphatic heterocycles. The maximum Gasteiger partial charge on any atom is 0.262 e. The molecule has 0 aromatic heterocycles. The van der Waals surface area contributed by atoms with E-state index in [1.165, 1.54) is 32.2 Å². The maximum absolute atomic E-state index is 12.9. The molecule has 0 fully saturated rings. The fraction of sp³-hybridized carbons (Fsp3) is 0.316. The van der Waals surface area contributed by atoms with Gasteiger partial charge in [-0.3, -0.25) is 9.52 Å². The van der Waals surface area contributed by atoms with Crippen LogP contribution in [0.1, 0.15) is 20.8 Å². The Labute approximate surface area is 164 Å². The number of hydrogen-bond acceptors (Lipinski definition) is 6. The van der Waals surface area contributed by atoms with Gasteiger partial charge in [-0.2, -0.15) is 0 Å². The van der Waals surface area contributed by atoms with Crippen molar-refractivity contribution in [3.8, 4) is 17.2 Å². The van der Waals surface area contributed by atoms with E-state index in [4.69, 9.17) is 14.2 Å². The SMILES string of the molecule is CCOc1ccc(OCC)c(NS(=O)(=O)c2ccc(OC)c(NC(C)=O)c2)c1. The van der Waals surface area contributed by atoms with E-state index < -0.39 is 10.0 Å². The zero-order valence-electron chi connectivity index (χ0n) is 16.2. The van der Waals surface area contributed by atoms with Crippen LogP contribution in [0.2, 0.25) is 0 Å². The van der Waals surface area contributed by atoms with Crippen molar-refractivity contribution < 1.29 is 27.4 Å². The number of sulfonamides is 1. The van der Waals surface area contributed by atoms with Gasteiger partial charge >= 0.3 is 0 Å². The molecule has 2 rings (SSSR count). The topological polar surface area (TPSA) is 103 Å². The zero-order chi connectivity index (χ0) is 20.7. The lowest BCUT2D eigenvalue weighted by molar-refractivity contribution is -0.114. The van der Waals surface area contributed by atoms with Gasteiger partial charge in [0, 0.05) is 13.0 Å². The van der Waals surface area contributed by atoms with Crippen molar-refractivity contribution in [2.24, 2.45) is 0 Å². The standard InChI is InChI=1S/C19H24N2O6S/c1-5-26-14-7-9-19(27-6-2)17(11-14)21-28(23,24)15-8-10-18(25-4)16(12-15)20-13(3)22/h7-12,21H,5-6H2,1-4H3,(H,20,22). The molecule has 2 N–H and O–H groups in total. The van der Waals surface area contributed by atoms with Crippen molar-refractivity contribution in [1.82, 2.24) is 0 Å². The van der Waals surface area contributed by atoms with Gasteiger partial charge in [0.1, 0.15) is 17.2 Å². The van der Waals surface area contributed by atoms with Crippen molar-refractivity contribution in [3.63, 3.8) is 0 Å². The molecule has 2 aromatic carbocycles. The van der Waals surface area contributed by atoms with Gasteiger partial charge in [-0.25, -0.2) is 8.42 Å². The molecule has 0 saturated heterocycles. The fourth-order valence-electron chi connectivity index (χ4n) is 2.47. The van der Waals surface area contributed by atoms with Crippen molar-refractivity contribution in [2.75, 3.05) is 30.4 Å². The van der Waals surface area contributed by atoms with Crippen LogP contribution >= 0.6 is 0 Å². The van der Waals surface area contributed by atoms with Gasteiger partial charge in [-0.05, 0) is 44.2 Å². The second-order valence-corrected chi connectivity index (χ2v) is 7.36. The Morgan fingerprint density at radius 1 is 0.964 bits per heavy atom. The highest BCUT2D eigenvalue weighted by Gasteiger charge is 2.20. The van der Waals surface area contributed by atoms with E-state index in [2.05, 4.69) is 10.0 Å². The summed E-state index contributed by atoms with van der Waals surface area (Å²) < 4.78 is 44.4. The molecule has 0 spiro atoms. The van der Waals surface area contributed by atoms with Crippen molar-refractivity contribution >= 4 is 27.3 Å². The molecular formula is C19H24N2O6S. The maximum atomic E-state index is 12.9. The minimum atomic E-state index is -3.96. The first-order chi connectivity index (χ1) is 13.3. The number of nitrogens with one attached hydrogen (secondary N) is 2. The molecule has 0 heterocycles. The van der Waals surface area contributed by atoms with Gasteiger partial charge in [0.2, 0.25) is 5.91 Å². The third-order valence-electron chi connectivity index (χ3n) is 3.60.